The molecular weight excluding hydrogens is 238 g/mol. The number of hydrogen-bond acceptors (Lipinski definition) is 3. The summed E-state index contributed by atoms with van der Waals surface area (Å²) < 4.78 is 2.27. The maximum atomic E-state index is 8.67. The zero-order valence-electron chi connectivity index (χ0n) is 12.0. The second-order valence-electron chi connectivity index (χ2n) is 5.33. The number of oxime groups is 1. The van der Waals surface area contributed by atoms with Crippen LogP contribution in [0, 0.1) is 0 Å². The topological polar surface area (TPSA) is 40.8 Å². The van der Waals surface area contributed by atoms with Crippen molar-refractivity contribution >= 4 is 6.21 Å². The fourth-order valence-electron chi connectivity index (χ4n) is 3.13. The van der Waals surface area contributed by atoms with Gasteiger partial charge in [-0.1, -0.05) is 19.0 Å². The zero-order valence-corrected chi connectivity index (χ0v) is 12.0. The van der Waals surface area contributed by atoms with Gasteiger partial charge in [0.25, 0.3) is 0 Å². The van der Waals surface area contributed by atoms with Crippen LogP contribution in [0.4, 0.5) is 0 Å². The highest BCUT2D eigenvalue weighted by atomic mass is 16.4. The van der Waals surface area contributed by atoms with Crippen molar-refractivity contribution in [1.82, 2.24) is 9.47 Å². The lowest BCUT2D eigenvalue weighted by atomic mass is 10.0. The molecule has 0 radical (unpaired) electrons. The number of aromatic nitrogens is 1. The number of fused-ring (bicyclic) bond motifs is 1. The Kier molecular flexibility index (Phi) is 5.02. The molecule has 0 saturated carbocycles. The molecule has 0 saturated heterocycles. The van der Waals surface area contributed by atoms with Crippen LogP contribution in [0.3, 0.4) is 0 Å². The molecule has 1 N–H and O–H groups in total. The predicted molar refractivity (Wildman–Crippen MR) is 78.1 cm³/mol. The van der Waals surface area contributed by atoms with Crippen LogP contribution in [0.15, 0.2) is 17.3 Å². The molecule has 1 aliphatic heterocycles. The van der Waals surface area contributed by atoms with E-state index in [9.17, 15) is 0 Å². The molecule has 0 unspecified atom stereocenters. The van der Waals surface area contributed by atoms with Crippen molar-refractivity contribution in [2.45, 2.75) is 52.1 Å². The minimum Gasteiger partial charge on any atom is -0.411 e. The molecule has 106 valence electrons. The smallest absolute Gasteiger partial charge is 0.0898 e. The summed E-state index contributed by atoms with van der Waals surface area (Å²) in [6, 6.07) is 4.88. The molecule has 1 aliphatic rings. The van der Waals surface area contributed by atoms with Gasteiger partial charge in [-0.2, -0.15) is 0 Å². The SMILES string of the molecule is CCCN(CCC)[C@H]1CCn2c(/C=N/O)ccc2C1. The van der Waals surface area contributed by atoms with Gasteiger partial charge in [-0.25, -0.2) is 0 Å². The first-order valence-corrected chi connectivity index (χ1v) is 7.40. The summed E-state index contributed by atoms with van der Waals surface area (Å²) in [5.41, 5.74) is 2.37. The summed E-state index contributed by atoms with van der Waals surface area (Å²) in [5.74, 6) is 0. The first-order valence-electron chi connectivity index (χ1n) is 7.40. The van der Waals surface area contributed by atoms with Crippen molar-refractivity contribution in [1.29, 1.82) is 0 Å². The average molecular weight is 263 g/mol. The van der Waals surface area contributed by atoms with Gasteiger partial charge in [0.05, 0.1) is 11.9 Å². The first-order chi connectivity index (χ1) is 9.30. The third-order valence-electron chi connectivity index (χ3n) is 3.96. The van der Waals surface area contributed by atoms with E-state index in [-0.39, 0.29) is 0 Å². The van der Waals surface area contributed by atoms with Gasteiger partial charge in [0, 0.05) is 24.7 Å². The Morgan fingerprint density at radius 2 is 2.11 bits per heavy atom. The second kappa shape index (κ2) is 6.75. The van der Waals surface area contributed by atoms with E-state index >= 15 is 0 Å². The summed E-state index contributed by atoms with van der Waals surface area (Å²) in [6.07, 6.45) is 6.27. The van der Waals surface area contributed by atoms with Gasteiger partial charge in [0.2, 0.25) is 0 Å². The molecule has 2 heterocycles. The fraction of sp³-hybridized carbons (Fsp3) is 0.667. The Bertz CT molecular complexity index is 419. The van der Waals surface area contributed by atoms with Crippen molar-refractivity contribution in [3.05, 3.63) is 23.5 Å². The van der Waals surface area contributed by atoms with E-state index in [1.165, 1.54) is 44.3 Å². The molecule has 4 heteroatoms. The molecule has 1 aromatic rings. The normalized spacial score (nSPS) is 19.2. The van der Waals surface area contributed by atoms with Gasteiger partial charge in [-0.3, -0.25) is 4.90 Å². The van der Waals surface area contributed by atoms with E-state index in [2.05, 4.69) is 34.5 Å². The summed E-state index contributed by atoms with van der Waals surface area (Å²) in [4.78, 5) is 2.64. The van der Waals surface area contributed by atoms with Gasteiger partial charge in [-0.05, 0) is 44.5 Å². The molecule has 2 rings (SSSR count). The van der Waals surface area contributed by atoms with E-state index in [0.717, 1.165) is 18.7 Å². The van der Waals surface area contributed by atoms with Crippen molar-refractivity contribution < 1.29 is 5.21 Å². The molecule has 19 heavy (non-hydrogen) atoms. The standard InChI is InChI=1S/C15H25N3O/c1-3-8-17(9-4-2)13-7-10-18-14(11-13)5-6-15(18)12-16-19/h5-6,12-13,19H,3-4,7-11H2,1-2H3/b16-12+/t13-/m0/s1. The van der Waals surface area contributed by atoms with Crippen LogP contribution < -0.4 is 0 Å². The molecule has 0 fully saturated rings. The third kappa shape index (κ3) is 3.18. The molecule has 4 nitrogen and oxygen atoms in total. The van der Waals surface area contributed by atoms with Crippen molar-refractivity contribution in [2.75, 3.05) is 13.1 Å². The molecule has 0 spiro atoms. The van der Waals surface area contributed by atoms with Gasteiger partial charge < -0.3 is 9.77 Å². The molecule has 1 aromatic heterocycles. The predicted octanol–water partition coefficient (Wildman–Crippen LogP) is 2.73. The molecule has 0 aliphatic carbocycles. The summed E-state index contributed by atoms with van der Waals surface area (Å²) in [7, 11) is 0. The van der Waals surface area contributed by atoms with Crippen molar-refractivity contribution in [3.63, 3.8) is 0 Å². The number of rotatable bonds is 6. The highest BCUT2D eigenvalue weighted by Gasteiger charge is 2.24. The lowest BCUT2D eigenvalue weighted by Crippen LogP contribution is -2.41. The Morgan fingerprint density at radius 3 is 2.74 bits per heavy atom. The quantitative estimate of drug-likeness (QED) is 0.487. The van der Waals surface area contributed by atoms with Gasteiger partial charge in [0.15, 0.2) is 0 Å². The van der Waals surface area contributed by atoms with E-state index in [4.69, 9.17) is 5.21 Å². The second-order valence-corrected chi connectivity index (χ2v) is 5.33. The van der Waals surface area contributed by atoms with Crippen molar-refractivity contribution in [2.24, 2.45) is 5.16 Å². The number of hydrogen-bond donors (Lipinski definition) is 1. The maximum Gasteiger partial charge on any atom is 0.0898 e. The lowest BCUT2D eigenvalue weighted by molar-refractivity contribution is 0.167. The minimum absolute atomic E-state index is 0.668. The fourth-order valence-corrected chi connectivity index (χ4v) is 3.13. The lowest BCUT2D eigenvalue weighted by Gasteiger charge is -2.35. The Hall–Kier alpha value is -1.29. The average Bonchev–Trinajstić information content (AvgIpc) is 2.81. The third-order valence-corrected chi connectivity index (χ3v) is 3.96. The van der Waals surface area contributed by atoms with Crippen molar-refractivity contribution in [3.8, 4) is 0 Å². The van der Waals surface area contributed by atoms with Crippen LogP contribution in [-0.4, -0.2) is 40.0 Å². The van der Waals surface area contributed by atoms with E-state index < -0.39 is 0 Å². The van der Waals surface area contributed by atoms with Crippen LogP contribution >= 0.6 is 0 Å². The van der Waals surface area contributed by atoms with E-state index in [1.54, 1.807) is 0 Å². The minimum atomic E-state index is 0.668. The Labute approximate surface area is 115 Å². The van der Waals surface area contributed by atoms with Crippen LogP contribution in [-0.2, 0) is 13.0 Å². The van der Waals surface area contributed by atoms with E-state index in [0.29, 0.717) is 6.04 Å². The summed E-state index contributed by atoms with van der Waals surface area (Å²) >= 11 is 0. The van der Waals surface area contributed by atoms with E-state index in [1.807, 2.05) is 6.07 Å². The van der Waals surface area contributed by atoms with Crippen LogP contribution in [0.2, 0.25) is 0 Å². The van der Waals surface area contributed by atoms with Gasteiger partial charge >= 0.3 is 0 Å². The Morgan fingerprint density at radius 1 is 1.37 bits per heavy atom. The van der Waals surface area contributed by atoms with Gasteiger partial charge in [0.1, 0.15) is 0 Å². The monoisotopic (exact) mass is 263 g/mol. The highest BCUT2D eigenvalue weighted by molar-refractivity contribution is 5.77. The zero-order chi connectivity index (χ0) is 13.7. The maximum absolute atomic E-state index is 8.67. The molecule has 0 bridgehead atoms. The van der Waals surface area contributed by atoms with Crippen LogP contribution in [0.25, 0.3) is 0 Å². The van der Waals surface area contributed by atoms with Crippen LogP contribution in [0.1, 0.15) is 44.5 Å². The van der Waals surface area contributed by atoms with Gasteiger partial charge in [-0.15, -0.1) is 0 Å². The molecular formula is C15H25N3O. The largest absolute Gasteiger partial charge is 0.411 e. The first kappa shape index (κ1) is 14.1. The summed E-state index contributed by atoms with van der Waals surface area (Å²) in [5, 5.41) is 11.8. The summed E-state index contributed by atoms with van der Waals surface area (Å²) in [6.45, 7) is 7.93. The molecule has 0 aromatic carbocycles. The highest BCUT2D eigenvalue weighted by Crippen LogP contribution is 2.22. The molecule has 0 amide bonds. The molecule has 1 atom stereocenters. The Balaban J connectivity index is 2.08. The van der Waals surface area contributed by atoms with Crippen LogP contribution in [0.5, 0.6) is 0 Å². The number of nitrogens with zero attached hydrogens (tertiary/aromatic N) is 3.